The van der Waals surface area contributed by atoms with Crippen molar-refractivity contribution in [3.63, 3.8) is 0 Å². The number of nitrogens with zero attached hydrogens (tertiary/aromatic N) is 2. The number of carbonyl (C=O) groups excluding carboxylic acids is 1. The van der Waals surface area contributed by atoms with E-state index in [2.05, 4.69) is 16.3 Å². The van der Waals surface area contributed by atoms with Crippen LogP contribution in [0.2, 0.25) is 0 Å². The maximum absolute atomic E-state index is 12.1. The van der Waals surface area contributed by atoms with E-state index in [1.54, 1.807) is 11.3 Å². The summed E-state index contributed by atoms with van der Waals surface area (Å²) in [4.78, 5) is 19.0. The number of alkyl carbamates (subject to hydrolysis) is 1. The Balaban J connectivity index is 1.40. The number of hydrogen-bond acceptors (Lipinski definition) is 6. The van der Waals surface area contributed by atoms with Crippen LogP contribution in [-0.4, -0.2) is 49.5 Å². The van der Waals surface area contributed by atoms with Crippen molar-refractivity contribution in [2.75, 3.05) is 31.2 Å². The van der Waals surface area contributed by atoms with Crippen molar-refractivity contribution in [3.05, 3.63) is 24.3 Å². The summed E-state index contributed by atoms with van der Waals surface area (Å²) in [5.74, 6) is 0. The maximum atomic E-state index is 12.1. The zero-order valence-electron chi connectivity index (χ0n) is 14.1. The van der Waals surface area contributed by atoms with Crippen LogP contribution in [0.15, 0.2) is 24.3 Å². The minimum absolute atomic E-state index is 0.263. The summed E-state index contributed by atoms with van der Waals surface area (Å²) in [6.45, 7) is 2.40. The van der Waals surface area contributed by atoms with Crippen molar-refractivity contribution in [1.29, 1.82) is 0 Å². The SMILES string of the molecule is O=C(NC1CCCC1)OC1COCCN(c2nc3ccccc3s2)C1. The summed E-state index contributed by atoms with van der Waals surface area (Å²) in [6.07, 6.45) is 3.86. The van der Waals surface area contributed by atoms with Gasteiger partial charge in [-0.25, -0.2) is 9.78 Å². The molecule has 1 atom stereocenters. The number of amides is 1. The fourth-order valence-electron chi connectivity index (χ4n) is 3.44. The molecule has 7 heteroatoms. The van der Waals surface area contributed by atoms with Crippen LogP contribution >= 0.6 is 11.3 Å². The minimum atomic E-state index is -0.327. The number of ether oxygens (including phenoxy) is 2. The first-order valence-corrected chi connectivity index (χ1v) is 9.75. The number of rotatable bonds is 3. The van der Waals surface area contributed by atoms with Gasteiger partial charge in [-0.05, 0) is 25.0 Å². The van der Waals surface area contributed by atoms with E-state index < -0.39 is 0 Å². The van der Waals surface area contributed by atoms with Crippen LogP contribution in [-0.2, 0) is 9.47 Å². The van der Waals surface area contributed by atoms with Crippen molar-refractivity contribution in [2.45, 2.75) is 37.8 Å². The third-order valence-electron chi connectivity index (χ3n) is 4.74. The quantitative estimate of drug-likeness (QED) is 0.910. The van der Waals surface area contributed by atoms with Crippen LogP contribution in [0.3, 0.4) is 0 Å². The fourth-order valence-corrected chi connectivity index (χ4v) is 4.44. The van der Waals surface area contributed by atoms with E-state index in [1.165, 1.54) is 17.5 Å². The topological polar surface area (TPSA) is 63.7 Å². The van der Waals surface area contributed by atoms with E-state index >= 15 is 0 Å². The number of benzene rings is 1. The second kappa shape index (κ2) is 7.58. The smallest absolute Gasteiger partial charge is 0.407 e. The van der Waals surface area contributed by atoms with Crippen molar-refractivity contribution < 1.29 is 14.3 Å². The number of anilines is 1. The second-order valence-corrected chi connectivity index (χ2v) is 7.65. The first kappa shape index (κ1) is 16.6. The van der Waals surface area contributed by atoms with Gasteiger partial charge in [0.25, 0.3) is 0 Å². The van der Waals surface area contributed by atoms with Gasteiger partial charge in [0, 0.05) is 12.6 Å². The van der Waals surface area contributed by atoms with Crippen molar-refractivity contribution in [3.8, 4) is 0 Å². The number of para-hydroxylation sites is 1. The lowest BCUT2D eigenvalue weighted by Gasteiger charge is -2.23. The van der Waals surface area contributed by atoms with Gasteiger partial charge in [0.2, 0.25) is 0 Å². The zero-order chi connectivity index (χ0) is 17.1. The van der Waals surface area contributed by atoms with Gasteiger partial charge >= 0.3 is 6.09 Å². The lowest BCUT2D eigenvalue weighted by atomic mass is 10.3. The number of fused-ring (bicyclic) bond motifs is 1. The molecule has 0 bridgehead atoms. The van der Waals surface area contributed by atoms with Crippen LogP contribution < -0.4 is 10.2 Å². The van der Waals surface area contributed by atoms with Gasteiger partial charge in [-0.2, -0.15) is 0 Å². The summed E-state index contributed by atoms with van der Waals surface area (Å²) in [5.41, 5.74) is 1.00. The molecule has 0 radical (unpaired) electrons. The molecule has 1 saturated heterocycles. The molecule has 1 aliphatic carbocycles. The second-order valence-electron chi connectivity index (χ2n) is 6.64. The van der Waals surface area contributed by atoms with Crippen LogP contribution in [0.25, 0.3) is 10.2 Å². The van der Waals surface area contributed by atoms with Gasteiger partial charge in [0.05, 0.1) is 30.0 Å². The average Bonchev–Trinajstić information content (AvgIpc) is 3.21. The molecular weight excluding hydrogens is 338 g/mol. The molecule has 1 N–H and O–H groups in total. The molecule has 2 aliphatic rings. The van der Waals surface area contributed by atoms with E-state index in [4.69, 9.17) is 14.5 Å². The maximum Gasteiger partial charge on any atom is 0.407 e. The van der Waals surface area contributed by atoms with Crippen molar-refractivity contribution >= 4 is 32.8 Å². The number of nitrogens with one attached hydrogen (secondary N) is 1. The molecule has 1 unspecified atom stereocenters. The molecular formula is C18H23N3O3S. The van der Waals surface area contributed by atoms with Crippen LogP contribution in [0.5, 0.6) is 0 Å². The monoisotopic (exact) mass is 361 g/mol. The number of carbonyl (C=O) groups is 1. The van der Waals surface area contributed by atoms with E-state index in [9.17, 15) is 4.79 Å². The van der Waals surface area contributed by atoms with Gasteiger partial charge in [0.15, 0.2) is 5.13 Å². The molecule has 6 nitrogen and oxygen atoms in total. The Morgan fingerprint density at radius 2 is 2.16 bits per heavy atom. The molecule has 2 aromatic rings. The van der Waals surface area contributed by atoms with E-state index in [-0.39, 0.29) is 18.2 Å². The van der Waals surface area contributed by atoms with E-state index in [0.717, 1.165) is 30.0 Å². The molecule has 2 fully saturated rings. The Kier molecular flexibility index (Phi) is 5.03. The molecule has 134 valence electrons. The largest absolute Gasteiger partial charge is 0.442 e. The Morgan fingerprint density at radius 1 is 1.32 bits per heavy atom. The van der Waals surface area contributed by atoms with Crippen LogP contribution in [0.4, 0.5) is 9.93 Å². The van der Waals surface area contributed by atoms with Gasteiger partial charge in [-0.3, -0.25) is 0 Å². The van der Waals surface area contributed by atoms with Crippen molar-refractivity contribution in [2.24, 2.45) is 0 Å². The van der Waals surface area contributed by atoms with Crippen molar-refractivity contribution in [1.82, 2.24) is 10.3 Å². The molecule has 25 heavy (non-hydrogen) atoms. The first-order valence-electron chi connectivity index (χ1n) is 8.93. The molecule has 4 rings (SSSR count). The van der Waals surface area contributed by atoms with Gasteiger partial charge < -0.3 is 19.7 Å². The number of aromatic nitrogens is 1. The molecule has 1 amide bonds. The third-order valence-corrected chi connectivity index (χ3v) is 5.83. The molecule has 2 heterocycles. The summed E-state index contributed by atoms with van der Waals surface area (Å²) < 4.78 is 12.4. The molecule has 1 aromatic carbocycles. The Hall–Kier alpha value is -1.86. The minimum Gasteiger partial charge on any atom is -0.442 e. The Bertz CT molecular complexity index is 696. The highest BCUT2D eigenvalue weighted by molar-refractivity contribution is 7.22. The number of thiazole rings is 1. The lowest BCUT2D eigenvalue weighted by Crippen LogP contribution is -2.40. The third kappa shape index (κ3) is 4.04. The molecule has 1 aromatic heterocycles. The van der Waals surface area contributed by atoms with E-state index in [0.29, 0.717) is 19.8 Å². The van der Waals surface area contributed by atoms with Gasteiger partial charge in [0.1, 0.15) is 6.10 Å². The molecule has 1 saturated carbocycles. The highest BCUT2D eigenvalue weighted by Crippen LogP contribution is 2.29. The predicted molar refractivity (Wildman–Crippen MR) is 98.3 cm³/mol. The molecule has 1 aliphatic heterocycles. The summed E-state index contributed by atoms with van der Waals surface area (Å²) >= 11 is 1.66. The van der Waals surface area contributed by atoms with E-state index in [1.807, 2.05) is 18.2 Å². The highest BCUT2D eigenvalue weighted by atomic mass is 32.1. The first-order chi connectivity index (χ1) is 12.3. The standard InChI is InChI=1S/C18H23N3O3S/c22-18(19-13-5-1-2-6-13)24-14-11-21(9-10-23-12-14)17-20-15-7-3-4-8-16(15)25-17/h3-4,7-8,13-14H,1-2,5-6,9-12H2,(H,19,22). The average molecular weight is 361 g/mol. The highest BCUT2D eigenvalue weighted by Gasteiger charge is 2.25. The molecule has 0 spiro atoms. The summed E-state index contributed by atoms with van der Waals surface area (Å²) in [5, 5.41) is 3.93. The zero-order valence-corrected chi connectivity index (χ0v) is 15.0. The fraction of sp³-hybridized carbons (Fsp3) is 0.556. The lowest BCUT2D eigenvalue weighted by molar-refractivity contribution is 0.0369. The van der Waals surface area contributed by atoms with Gasteiger partial charge in [-0.15, -0.1) is 0 Å². The summed E-state index contributed by atoms with van der Waals surface area (Å²) in [7, 11) is 0. The van der Waals surface area contributed by atoms with Gasteiger partial charge in [-0.1, -0.05) is 36.3 Å². The Morgan fingerprint density at radius 3 is 3.00 bits per heavy atom. The predicted octanol–water partition coefficient (Wildman–Crippen LogP) is 3.17. The summed E-state index contributed by atoms with van der Waals surface area (Å²) in [6, 6.07) is 8.38. The van der Waals surface area contributed by atoms with Crippen LogP contribution in [0.1, 0.15) is 25.7 Å². The normalized spacial score (nSPS) is 22.1. The number of hydrogen-bond donors (Lipinski definition) is 1. The van der Waals surface area contributed by atoms with Crippen LogP contribution in [0, 0.1) is 0 Å². The Labute approximate surface area is 151 Å².